The van der Waals surface area contributed by atoms with Gasteiger partial charge in [0.15, 0.2) is 11.9 Å². The Morgan fingerprint density at radius 1 is 1.06 bits per heavy atom. The molecule has 3 unspecified atom stereocenters. The van der Waals surface area contributed by atoms with Gasteiger partial charge in [-0.05, 0) is 32.0 Å². The number of rotatable bonds is 9. The molecule has 3 atom stereocenters. The van der Waals surface area contributed by atoms with E-state index in [0.29, 0.717) is 13.1 Å². The van der Waals surface area contributed by atoms with Crippen molar-refractivity contribution in [1.29, 1.82) is 0 Å². The van der Waals surface area contributed by atoms with E-state index in [-0.39, 0.29) is 22.4 Å². The number of anilines is 1. The maximum atomic E-state index is 13.1. The molecule has 34 heavy (non-hydrogen) atoms. The van der Waals surface area contributed by atoms with Crippen molar-refractivity contribution in [2.75, 3.05) is 24.6 Å². The Morgan fingerprint density at radius 2 is 1.71 bits per heavy atom. The average Bonchev–Trinajstić information content (AvgIpc) is 3.10. The number of Topliss-reactive ketones (excluding diaryl/α,β-unsaturated/α-hetero) is 1. The van der Waals surface area contributed by atoms with Crippen LogP contribution in [0, 0.1) is 0 Å². The third-order valence-corrected chi connectivity index (χ3v) is 5.50. The number of hydrogen-bond acceptors (Lipinski definition) is 10. The highest BCUT2D eigenvalue weighted by atomic mass is 16.6. The van der Waals surface area contributed by atoms with E-state index in [2.05, 4.69) is 4.74 Å². The number of carbonyl (C=O) groups is 4. The summed E-state index contributed by atoms with van der Waals surface area (Å²) in [4.78, 5) is 50.8. The quantitative estimate of drug-likeness (QED) is 0.273. The van der Waals surface area contributed by atoms with Crippen LogP contribution >= 0.6 is 0 Å². The SMILES string of the molecule is CCN(CC)c1ccc(C(=O)c2ccccc2C(=O)OCC(O)C2OC(=O)C(O)C2=O)c(O)c1. The number of cyclic esters (lactones) is 1. The van der Waals surface area contributed by atoms with Crippen LogP contribution in [0.25, 0.3) is 0 Å². The van der Waals surface area contributed by atoms with Crippen molar-refractivity contribution < 1.29 is 44.0 Å². The maximum absolute atomic E-state index is 13.1. The molecule has 10 nitrogen and oxygen atoms in total. The molecule has 1 aliphatic heterocycles. The van der Waals surface area contributed by atoms with E-state index in [1.54, 1.807) is 6.07 Å². The molecule has 10 heteroatoms. The van der Waals surface area contributed by atoms with Crippen LogP contribution in [0.15, 0.2) is 42.5 Å². The largest absolute Gasteiger partial charge is 0.507 e. The number of aliphatic hydroxyl groups excluding tert-OH is 2. The zero-order valence-electron chi connectivity index (χ0n) is 18.6. The number of hydrogen-bond donors (Lipinski definition) is 3. The molecule has 1 saturated heterocycles. The minimum absolute atomic E-state index is 0.00589. The molecule has 0 radical (unpaired) electrons. The van der Waals surface area contributed by atoms with E-state index in [0.717, 1.165) is 5.69 Å². The lowest BCUT2D eigenvalue weighted by atomic mass is 9.97. The Kier molecular flexibility index (Phi) is 7.64. The number of aromatic hydroxyl groups is 1. The number of phenolic OH excluding ortho intramolecular Hbond substituents is 1. The molecule has 2 aromatic carbocycles. The van der Waals surface area contributed by atoms with E-state index in [1.807, 2.05) is 18.7 Å². The van der Waals surface area contributed by atoms with Crippen LogP contribution in [0.5, 0.6) is 5.75 Å². The topological polar surface area (TPSA) is 151 Å². The summed E-state index contributed by atoms with van der Waals surface area (Å²) in [5.74, 6) is -4.05. The van der Waals surface area contributed by atoms with E-state index in [9.17, 15) is 34.5 Å². The van der Waals surface area contributed by atoms with Crippen LogP contribution in [-0.2, 0) is 19.1 Å². The highest BCUT2D eigenvalue weighted by molar-refractivity contribution is 6.15. The van der Waals surface area contributed by atoms with Crippen molar-refractivity contribution >= 4 is 29.2 Å². The first kappa shape index (κ1) is 24.9. The van der Waals surface area contributed by atoms with Crippen LogP contribution in [-0.4, -0.2) is 76.8 Å². The number of nitrogens with zero attached hydrogens (tertiary/aromatic N) is 1. The average molecular weight is 471 g/mol. The summed E-state index contributed by atoms with van der Waals surface area (Å²) in [6.45, 7) is 4.64. The first-order chi connectivity index (χ1) is 16.2. The molecule has 0 saturated carbocycles. The zero-order valence-corrected chi connectivity index (χ0v) is 18.6. The third kappa shape index (κ3) is 4.92. The van der Waals surface area contributed by atoms with Crippen molar-refractivity contribution in [1.82, 2.24) is 0 Å². The fraction of sp³-hybridized carbons (Fsp3) is 0.333. The number of phenols is 1. The molecule has 0 amide bonds. The van der Waals surface area contributed by atoms with Gasteiger partial charge in [-0.15, -0.1) is 0 Å². The van der Waals surface area contributed by atoms with Crippen LogP contribution in [0.4, 0.5) is 5.69 Å². The molecule has 0 spiro atoms. The summed E-state index contributed by atoms with van der Waals surface area (Å²) >= 11 is 0. The van der Waals surface area contributed by atoms with Gasteiger partial charge in [0.05, 0.1) is 11.1 Å². The van der Waals surface area contributed by atoms with Gasteiger partial charge in [-0.3, -0.25) is 9.59 Å². The minimum atomic E-state index is -1.99. The molecule has 1 aliphatic rings. The highest BCUT2D eigenvalue weighted by Gasteiger charge is 2.46. The fourth-order valence-corrected chi connectivity index (χ4v) is 3.62. The number of aliphatic hydroxyl groups is 2. The molecule has 0 aliphatic carbocycles. The van der Waals surface area contributed by atoms with Gasteiger partial charge in [0.2, 0.25) is 11.9 Å². The lowest BCUT2D eigenvalue weighted by Gasteiger charge is -2.21. The number of ether oxygens (including phenoxy) is 2. The molecular weight excluding hydrogens is 446 g/mol. The molecule has 2 aromatic rings. The van der Waals surface area contributed by atoms with Gasteiger partial charge in [0.25, 0.3) is 0 Å². The molecule has 180 valence electrons. The minimum Gasteiger partial charge on any atom is -0.507 e. The van der Waals surface area contributed by atoms with Gasteiger partial charge in [0.1, 0.15) is 18.5 Å². The smallest absolute Gasteiger partial charge is 0.343 e. The van der Waals surface area contributed by atoms with E-state index >= 15 is 0 Å². The third-order valence-electron chi connectivity index (χ3n) is 5.50. The first-order valence-corrected chi connectivity index (χ1v) is 10.7. The summed E-state index contributed by atoms with van der Waals surface area (Å²) in [7, 11) is 0. The van der Waals surface area contributed by atoms with E-state index < -0.39 is 48.4 Å². The van der Waals surface area contributed by atoms with Crippen molar-refractivity contribution in [2.45, 2.75) is 32.2 Å². The van der Waals surface area contributed by atoms with Gasteiger partial charge >= 0.3 is 11.9 Å². The lowest BCUT2D eigenvalue weighted by Crippen LogP contribution is -2.38. The second-order valence-corrected chi connectivity index (χ2v) is 7.58. The maximum Gasteiger partial charge on any atom is 0.343 e. The Morgan fingerprint density at radius 3 is 2.26 bits per heavy atom. The fourth-order valence-electron chi connectivity index (χ4n) is 3.62. The number of esters is 2. The van der Waals surface area contributed by atoms with Crippen LogP contribution in [0.2, 0.25) is 0 Å². The van der Waals surface area contributed by atoms with Gasteiger partial charge in [-0.1, -0.05) is 18.2 Å². The molecule has 0 aromatic heterocycles. The highest BCUT2D eigenvalue weighted by Crippen LogP contribution is 2.28. The summed E-state index contributed by atoms with van der Waals surface area (Å²) in [6.07, 6.45) is -5.35. The molecule has 1 heterocycles. The number of benzene rings is 2. The molecule has 1 fully saturated rings. The van der Waals surface area contributed by atoms with Crippen molar-refractivity contribution in [3.05, 3.63) is 59.2 Å². The van der Waals surface area contributed by atoms with Gasteiger partial charge < -0.3 is 29.7 Å². The van der Waals surface area contributed by atoms with Crippen molar-refractivity contribution in [3.8, 4) is 5.75 Å². The van der Waals surface area contributed by atoms with Gasteiger partial charge in [-0.25, -0.2) is 9.59 Å². The normalized spacial score (nSPS) is 18.4. The Hall–Kier alpha value is -3.76. The second-order valence-electron chi connectivity index (χ2n) is 7.58. The summed E-state index contributed by atoms with van der Waals surface area (Å²) in [5.41, 5.74) is 0.579. The van der Waals surface area contributed by atoms with E-state index in [1.165, 1.54) is 36.4 Å². The van der Waals surface area contributed by atoms with Crippen LogP contribution in [0.3, 0.4) is 0 Å². The zero-order chi connectivity index (χ0) is 25.0. The molecule has 3 N–H and O–H groups in total. The van der Waals surface area contributed by atoms with Crippen LogP contribution in [0.1, 0.15) is 40.1 Å². The summed E-state index contributed by atoms with van der Waals surface area (Å²) in [6, 6.07) is 10.4. The summed E-state index contributed by atoms with van der Waals surface area (Å²) in [5, 5.41) is 29.9. The number of carbonyl (C=O) groups excluding carboxylic acids is 4. The number of ketones is 2. The Labute approximate surface area is 195 Å². The second kappa shape index (κ2) is 10.4. The van der Waals surface area contributed by atoms with Crippen molar-refractivity contribution in [2.24, 2.45) is 0 Å². The Bertz CT molecular complexity index is 1110. The van der Waals surface area contributed by atoms with Gasteiger partial charge in [0, 0.05) is 30.4 Å². The molecule has 0 bridgehead atoms. The predicted octanol–water partition coefficient (Wildman–Crippen LogP) is 0.842. The predicted molar refractivity (Wildman–Crippen MR) is 119 cm³/mol. The standard InChI is InChI=1S/C24H25NO9/c1-3-25(4-2)13-9-10-16(17(26)11-13)19(28)14-7-5-6-8-15(14)23(31)33-12-18(27)22-20(29)21(30)24(32)34-22/h5-11,18,21-22,26-27,30H,3-4,12H2,1-2H3. The summed E-state index contributed by atoms with van der Waals surface area (Å²) < 4.78 is 9.62. The van der Waals surface area contributed by atoms with Crippen LogP contribution < -0.4 is 4.90 Å². The van der Waals surface area contributed by atoms with Gasteiger partial charge in [-0.2, -0.15) is 0 Å². The van der Waals surface area contributed by atoms with E-state index in [4.69, 9.17) is 4.74 Å². The lowest BCUT2D eigenvalue weighted by molar-refractivity contribution is -0.151. The first-order valence-electron chi connectivity index (χ1n) is 10.7. The van der Waals surface area contributed by atoms with Crippen molar-refractivity contribution in [3.63, 3.8) is 0 Å². The molecular formula is C24H25NO9. The molecule has 3 rings (SSSR count). The monoisotopic (exact) mass is 471 g/mol. The Balaban J connectivity index is 1.76.